The molecule has 2 heteroatoms. The second kappa shape index (κ2) is 5.46. The number of methoxy groups -OCH3 is 1. The first-order valence-electron chi connectivity index (χ1n) is 6.13. The molecular weight excluding hydrogens is 198 g/mol. The lowest BCUT2D eigenvalue weighted by Gasteiger charge is -2.23. The molecule has 88 valence electrons. The number of fused-ring (bicyclic) bond motifs is 1. The van der Waals surface area contributed by atoms with Crippen LogP contribution in [0.2, 0.25) is 0 Å². The van der Waals surface area contributed by atoms with E-state index in [2.05, 4.69) is 30.4 Å². The van der Waals surface area contributed by atoms with Crippen molar-refractivity contribution in [3.63, 3.8) is 0 Å². The summed E-state index contributed by atoms with van der Waals surface area (Å²) in [6.45, 7) is 5.29. The molecule has 1 atom stereocenters. The number of hydrogen-bond acceptors (Lipinski definition) is 2. The van der Waals surface area contributed by atoms with Crippen molar-refractivity contribution in [2.75, 3.05) is 20.3 Å². The highest BCUT2D eigenvalue weighted by molar-refractivity contribution is 5.38. The van der Waals surface area contributed by atoms with E-state index in [1.165, 1.54) is 17.5 Å². The van der Waals surface area contributed by atoms with Crippen LogP contribution in [0, 0.1) is 0 Å². The van der Waals surface area contributed by atoms with Crippen LogP contribution in [-0.4, -0.2) is 20.3 Å². The van der Waals surface area contributed by atoms with Gasteiger partial charge in [0.1, 0.15) is 0 Å². The summed E-state index contributed by atoms with van der Waals surface area (Å²) in [5, 5.41) is 3.43. The molecular formula is C14H21NO. The van der Waals surface area contributed by atoms with Crippen molar-refractivity contribution < 1.29 is 4.74 Å². The van der Waals surface area contributed by atoms with Crippen LogP contribution < -0.4 is 5.32 Å². The van der Waals surface area contributed by atoms with Crippen LogP contribution in [0.1, 0.15) is 36.0 Å². The zero-order chi connectivity index (χ0) is 11.4. The number of rotatable bonds is 4. The summed E-state index contributed by atoms with van der Waals surface area (Å²) in [5.41, 5.74) is 4.58. The maximum absolute atomic E-state index is 5.17. The van der Waals surface area contributed by atoms with Crippen LogP contribution in [-0.2, 0) is 17.7 Å². The van der Waals surface area contributed by atoms with Gasteiger partial charge in [0.25, 0.3) is 0 Å². The Morgan fingerprint density at radius 2 is 2.31 bits per heavy atom. The first-order valence-corrected chi connectivity index (χ1v) is 6.13. The minimum Gasteiger partial charge on any atom is -0.385 e. The zero-order valence-electron chi connectivity index (χ0n) is 10.3. The Kier molecular flexibility index (Phi) is 3.97. The van der Waals surface area contributed by atoms with Gasteiger partial charge in [0, 0.05) is 20.3 Å². The van der Waals surface area contributed by atoms with Gasteiger partial charge in [0.2, 0.25) is 0 Å². The van der Waals surface area contributed by atoms with Crippen molar-refractivity contribution in [3.05, 3.63) is 34.9 Å². The molecule has 0 aromatic heterocycles. The third-order valence-electron chi connectivity index (χ3n) is 3.46. The van der Waals surface area contributed by atoms with Gasteiger partial charge < -0.3 is 10.1 Å². The standard InChI is InChI=1S/C14H21NO/c1-11(7-9-16-2)13-5-3-4-12-10-15-8-6-14(12)13/h3-5,11,15H,6-10H2,1-2H3. The normalized spacial score (nSPS) is 16.9. The van der Waals surface area contributed by atoms with Crippen molar-refractivity contribution in [2.24, 2.45) is 0 Å². The lowest BCUT2D eigenvalue weighted by atomic mass is 9.87. The third kappa shape index (κ3) is 2.45. The fourth-order valence-electron chi connectivity index (χ4n) is 2.47. The number of nitrogens with one attached hydrogen (secondary N) is 1. The molecule has 1 N–H and O–H groups in total. The van der Waals surface area contributed by atoms with Crippen LogP contribution in [0.4, 0.5) is 0 Å². The highest BCUT2D eigenvalue weighted by atomic mass is 16.5. The highest BCUT2D eigenvalue weighted by Crippen LogP contribution is 2.27. The first kappa shape index (κ1) is 11.6. The second-order valence-corrected chi connectivity index (χ2v) is 4.59. The summed E-state index contributed by atoms with van der Waals surface area (Å²) in [7, 11) is 1.77. The van der Waals surface area contributed by atoms with E-state index in [4.69, 9.17) is 4.74 Å². The largest absolute Gasteiger partial charge is 0.385 e. The van der Waals surface area contributed by atoms with E-state index in [9.17, 15) is 0 Å². The van der Waals surface area contributed by atoms with Gasteiger partial charge in [-0.05, 0) is 42.0 Å². The maximum Gasteiger partial charge on any atom is 0.0467 e. The SMILES string of the molecule is COCCC(C)c1cccc2c1CCNC2. The number of hydrogen-bond donors (Lipinski definition) is 1. The van der Waals surface area contributed by atoms with Gasteiger partial charge in [-0.25, -0.2) is 0 Å². The number of benzene rings is 1. The Labute approximate surface area is 98.0 Å². The lowest BCUT2D eigenvalue weighted by Crippen LogP contribution is -2.25. The Balaban J connectivity index is 2.19. The summed E-state index contributed by atoms with van der Waals surface area (Å²) in [5.74, 6) is 0.605. The minimum absolute atomic E-state index is 0.605. The predicted molar refractivity (Wildman–Crippen MR) is 66.8 cm³/mol. The molecule has 0 saturated carbocycles. The molecule has 0 spiro atoms. The Hall–Kier alpha value is -0.860. The van der Waals surface area contributed by atoms with Crippen LogP contribution >= 0.6 is 0 Å². The molecule has 0 aliphatic carbocycles. The molecule has 0 saturated heterocycles. The summed E-state index contributed by atoms with van der Waals surface area (Å²) in [6.07, 6.45) is 2.28. The van der Waals surface area contributed by atoms with Crippen molar-refractivity contribution >= 4 is 0 Å². The van der Waals surface area contributed by atoms with Gasteiger partial charge in [-0.15, -0.1) is 0 Å². The molecule has 1 unspecified atom stereocenters. The van der Waals surface area contributed by atoms with Gasteiger partial charge in [-0.3, -0.25) is 0 Å². The number of ether oxygens (including phenoxy) is 1. The van der Waals surface area contributed by atoms with Crippen LogP contribution in [0.3, 0.4) is 0 Å². The zero-order valence-corrected chi connectivity index (χ0v) is 10.3. The monoisotopic (exact) mass is 219 g/mol. The molecule has 1 aromatic carbocycles. The Morgan fingerprint density at radius 1 is 1.44 bits per heavy atom. The molecule has 0 radical (unpaired) electrons. The second-order valence-electron chi connectivity index (χ2n) is 4.59. The Bertz CT molecular complexity index is 349. The fourth-order valence-corrected chi connectivity index (χ4v) is 2.47. The van der Waals surface area contributed by atoms with Gasteiger partial charge in [0.05, 0.1) is 0 Å². The van der Waals surface area contributed by atoms with E-state index in [1.54, 1.807) is 12.7 Å². The molecule has 0 amide bonds. The van der Waals surface area contributed by atoms with E-state index in [0.717, 1.165) is 26.1 Å². The fraction of sp³-hybridized carbons (Fsp3) is 0.571. The molecule has 0 fully saturated rings. The van der Waals surface area contributed by atoms with Crippen LogP contribution in [0.5, 0.6) is 0 Å². The molecule has 1 heterocycles. The van der Waals surface area contributed by atoms with E-state index in [0.29, 0.717) is 5.92 Å². The molecule has 2 nitrogen and oxygen atoms in total. The summed E-state index contributed by atoms with van der Waals surface area (Å²) in [4.78, 5) is 0. The van der Waals surface area contributed by atoms with Crippen molar-refractivity contribution in [1.29, 1.82) is 0 Å². The molecule has 1 aromatic rings. The summed E-state index contributed by atoms with van der Waals surface area (Å²) in [6, 6.07) is 6.71. The topological polar surface area (TPSA) is 21.3 Å². The summed E-state index contributed by atoms with van der Waals surface area (Å²) < 4.78 is 5.17. The predicted octanol–water partition coefficient (Wildman–Crippen LogP) is 2.47. The highest BCUT2D eigenvalue weighted by Gasteiger charge is 2.15. The quantitative estimate of drug-likeness (QED) is 0.840. The van der Waals surface area contributed by atoms with Crippen molar-refractivity contribution in [2.45, 2.75) is 32.2 Å². The van der Waals surface area contributed by atoms with Gasteiger partial charge in [-0.1, -0.05) is 25.1 Å². The van der Waals surface area contributed by atoms with E-state index < -0.39 is 0 Å². The van der Waals surface area contributed by atoms with Gasteiger partial charge in [-0.2, -0.15) is 0 Å². The van der Waals surface area contributed by atoms with Gasteiger partial charge >= 0.3 is 0 Å². The third-order valence-corrected chi connectivity index (χ3v) is 3.46. The van der Waals surface area contributed by atoms with Gasteiger partial charge in [0.15, 0.2) is 0 Å². The van der Waals surface area contributed by atoms with Crippen LogP contribution in [0.25, 0.3) is 0 Å². The molecule has 16 heavy (non-hydrogen) atoms. The minimum atomic E-state index is 0.605. The average molecular weight is 219 g/mol. The molecule has 0 bridgehead atoms. The lowest BCUT2D eigenvalue weighted by molar-refractivity contribution is 0.189. The average Bonchev–Trinajstić information content (AvgIpc) is 2.35. The Morgan fingerprint density at radius 3 is 3.12 bits per heavy atom. The van der Waals surface area contributed by atoms with E-state index in [1.807, 2.05) is 0 Å². The smallest absolute Gasteiger partial charge is 0.0467 e. The maximum atomic E-state index is 5.17. The molecule has 1 aliphatic rings. The first-order chi connectivity index (χ1) is 7.83. The van der Waals surface area contributed by atoms with Crippen molar-refractivity contribution in [3.8, 4) is 0 Å². The van der Waals surface area contributed by atoms with Crippen molar-refractivity contribution in [1.82, 2.24) is 5.32 Å². The molecule has 1 aliphatic heterocycles. The summed E-state index contributed by atoms with van der Waals surface area (Å²) >= 11 is 0. The van der Waals surface area contributed by atoms with E-state index >= 15 is 0 Å². The van der Waals surface area contributed by atoms with Crippen LogP contribution in [0.15, 0.2) is 18.2 Å². The molecule has 2 rings (SSSR count). The van der Waals surface area contributed by atoms with E-state index in [-0.39, 0.29) is 0 Å².